The molecule has 0 aromatic carbocycles. The Bertz CT molecular complexity index is 319. The van der Waals surface area contributed by atoms with Crippen molar-refractivity contribution in [2.24, 2.45) is 0 Å². The van der Waals surface area contributed by atoms with Gasteiger partial charge in [0.2, 0.25) is 5.91 Å². The van der Waals surface area contributed by atoms with E-state index in [1.54, 1.807) is 11.3 Å². The normalized spacial score (nSPS) is 17.4. The van der Waals surface area contributed by atoms with Gasteiger partial charge in [0, 0.05) is 6.04 Å². The highest BCUT2D eigenvalue weighted by molar-refractivity contribution is 7.07. The van der Waals surface area contributed by atoms with Crippen LogP contribution in [0.1, 0.15) is 31.4 Å². The van der Waals surface area contributed by atoms with Crippen LogP contribution in [0.4, 0.5) is 0 Å². The SMILES string of the molecule is CC(NC(=O)CNC1CC1)c1ccsc1. The van der Waals surface area contributed by atoms with Gasteiger partial charge in [0.1, 0.15) is 0 Å². The number of hydrogen-bond donors (Lipinski definition) is 2. The maximum Gasteiger partial charge on any atom is 0.234 e. The molecule has 0 aliphatic heterocycles. The molecule has 1 amide bonds. The van der Waals surface area contributed by atoms with Crippen molar-refractivity contribution in [1.82, 2.24) is 10.6 Å². The van der Waals surface area contributed by atoms with Gasteiger partial charge in [-0.15, -0.1) is 0 Å². The van der Waals surface area contributed by atoms with Crippen molar-refractivity contribution in [3.8, 4) is 0 Å². The molecule has 0 spiro atoms. The van der Waals surface area contributed by atoms with E-state index in [0.717, 1.165) is 0 Å². The van der Waals surface area contributed by atoms with Crippen LogP contribution < -0.4 is 10.6 Å². The molecule has 2 N–H and O–H groups in total. The molecular formula is C11H16N2OS. The number of carbonyl (C=O) groups is 1. The molecule has 1 aliphatic rings. The maximum atomic E-state index is 11.5. The summed E-state index contributed by atoms with van der Waals surface area (Å²) in [7, 11) is 0. The highest BCUT2D eigenvalue weighted by Crippen LogP contribution is 2.18. The first-order valence-electron chi connectivity index (χ1n) is 5.30. The van der Waals surface area contributed by atoms with Gasteiger partial charge in [-0.1, -0.05) is 0 Å². The Balaban J connectivity index is 1.72. The van der Waals surface area contributed by atoms with Crippen LogP contribution in [0.2, 0.25) is 0 Å². The van der Waals surface area contributed by atoms with Crippen molar-refractivity contribution in [3.63, 3.8) is 0 Å². The van der Waals surface area contributed by atoms with Crippen molar-refractivity contribution >= 4 is 17.2 Å². The number of nitrogens with one attached hydrogen (secondary N) is 2. The molecule has 1 saturated carbocycles. The zero-order valence-electron chi connectivity index (χ0n) is 8.82. The zero-order chi connectivity index (χ0) is 10.7. The third-order valence-corrected chi connectivity index (χ3v) is 3.25. The number of thiophene rings is 1. The van der Waals surface area contributed by atoms with Crippen molar-refractivity contribution < 1.29 is 4.79 Å². The van der Waals surface area contributed by atoms with E-state index in [2.05, 4.69) is 16.0 Å². The second-order valence-corrected chi connectivity index (χ2v) is 4.78. The third-order valence-electron chi connectivity index (χ3n) is 2.55. The van der Waals surface area contributed by atoms with E-state index in [1.807, 2.05) is 18.4 Å². The molecule has 0 radical (unpaired) electrons. The first kappa shape index (κ1) is 10.6. The molecule has 1 atom stereocenters. The Kier molecular flexibility index (Phi) is 3.38. The molecule has 1 aliphatic carbocycles. The second kappa shape index (κ2) is 4.77. The summed E-state index contributed by atoms with van der Waals surface area (Å²) in [4.78, 5) is 11.5. The van der Waals surface area contributed by atoms with E-state index >= 15 is 0 Å². The Morgan fingerprint density at radius 1 is 1.67 bits per heavy atom. The first-order chi connectivity index (χ1) is 7.25. The Labute approximate surface area is 93.9 Å². The monoisotopic (exact) mass is 224 g/mol. The highest BCUT2D eigenvalue weighted by Gasteiger charge is 2.21. The minimum absolute atomic E-state index is 0.0839. The average molecular weight is 224 g/mol. The molecule has 15 heavy (non-hydrogen) atoms. The standard InChI is InChI=1S/C11H16N2OS/c1-8(9-4-5-15-7-9)13-11(14)6-12-10-2-3-10/h4-5,7-8,10,12H,2-3,6H2,1H3,(H,13,14). The average Bonchev–Trinajstić information content (AvgIpc) is 2.87. The number of rotatable bonds is 5. The lowest BCUT2D eigenvalue weighted by Crippen LogP contribution is -2.36. The molecule has 2 rings (SSSR count). The summed E-state index contributed by atoms with van der Waals surface area (Å²) in [6.07, 6.45) is 2.43. The number of hydrogen-bond acceptors (Lipinski definition) is 3. The lowest BCUT2D eigenvalue weighted by Gasteiger charge is -2.12. The summed E-state index contributed by atoms with van der Waals surface area (Å²) >= 11 is 1.66. The molecule has 82 valence electrons. The van der Waals surface area contributed by atoms with Crippen LogP contribution in [0, 0.1) is 0 Å². The Hall–Kier alpha value is -0.870. The van der Waals surface area contributed by atoms with Gasteiger partial charge in [0.25, 0.3) is 0 Å². The second-order valence-electron chi connectivity index (χ2n) is 4.00. The summed E-state index contributed by atoms with van der Waals surface area (Å²) in [5, 5.41) is 10.3. The molecule has 1 unspecified atom stereocenters. The summed E-state index contributed by atoms with van der Waals surface area (Å²) < 4.78 is 0. The van der Waals surface area contributed by atoms with Crippen LogP contribution >= 0.6 is 11.3 Å². The Morgan fingerprint density at radius 2 is 2.47 bits per heavy atom. The van der Waals surface area contributed by atoms with E-state index in [-0.39, 0.29) is 11.9 Å². The van der Waals surface area contributed by atoms with Crippen molar-refractivity contribution in [2.75, 3.05) is 6.54 Å². The van der Waals surface area contributed by atoms with Crippen molar-refractivity contribution in [1.29, 1.82) is 0 Å². The van der Waals surface area contributed by atoms with E-state index in [4.69, 9.17) is 0 Å². The van der Waals surface area contributed by atoms with Crippen LogP contribution in [0.25, 0.3) is 0 Å². The fourth-order valence-electron chi connectivity index (χ4n) is 1.42. The molecule has 4 heteroatoms. The van der Waals surface area contributed by atoms with Gasteiger partial charge in [0.05, 0.1) is 12.6 Å². The number of amides is 1. The summed E-state index contributed by atoms with van der Waals surface area (Å²) in [6.45, 7) is 2.45. The van der Waals surface area contributed by atoms with Crippen molar-refractivity contribution in [2.45, 2.75) is 31.8 Å². The smallest absolute Gasteiger partial charge is 0.234 e. The van der Waals surface area contributed by atoms with Gasteiger partial charge in [0.15, 0.2) is 0 Å². The first-order valence-corrected chi connectivity index (χ1v) is 6.25. The summed E-state index contributed by atoms with van der Waals surface area (Å²) in [5.74, 6) is 0.0839. The van der Waals surface area contributed by atoms with Gasteiger partial charge >= 0.3 is 0 Å². The molecule has 1 heterocycles. The topological polar surface area (TPSA) is 41.1 Å². The zero-order valence-corrected chi connectivity index (χ0v) is 9.64. The highest BCUT2D eigenvalue weighted by atomic mass is 32.1. The predicted octanol–water partition coefficient (Wildman–Crippen LogP) is 1.68. The fraction of sp³-hybridized carbons (Fsp3) is 0.545. The van der Waals surface area contributed by atoms with E-state index in [1.165, 1.54) is 18.4 Å². The van der Waals surface area contributed by atoms with Crippen LogP contribution in [0.5, 0.6) is 0 Å². The molecule has 0 saturated heterocycles. The molecule has 1 aromatic rings. The van der Waals surface area contributed by atoms with Gasteiger partial charge in [-0.25, -0.2) is 0 Å². The minimum atomic E-state index is 0.0839. The van der Waals surface area contributed by atoms with Gasteiger partial charge < -0.3 is 10.6 Å². The molecule has 1 aromatic heterocycles. The summed E-state index contributed by atoms with van der Waals surface area (Å²) in [5.41, 5.74) is 1.18. The quantitative estimate of drug-likeness (QED) is 0.799. The molecule has 0 bridgehead atoms. The van der Waals surface area contributed by atoms with Crippen LogP contribution in [-0.2, 0) is 4.79 Å². The fourth-order valence-corrected chi connectivity index (χ4v) is 2.18. The van der Waals surface area contributed by atoms with Crippen LogP contribution in [0.15, 0.2) is 16.8 Å². The lowest BCUT2D eigenvalue weighted by molar-refractivity contribution is -0.120. The maximum absolute atomic E-state index is 11.5. The summed E-state index contributed by atoms with van der Waals surface area (Å²) in [6, 6.07) is 2.75. The number of carbonyl (C=O) groups excluding carboxylic acids is 1. The lowest BCUT2D eigenvalue weighted by atomic mass is 10.2. The van der Waals surface area contributed by atoms with E-state index < -0.39 is 0 Å². The largest absolute Gasteiger partial charge is 0.348 e. The van der Waals surface area contributed by atoms with Crippen molar-refractivity contribution in [3.05, 3.63) is 22.4 Å². The Morgan fingerprint density at radius 3 is 3.07 bits per heavy atom. The molecule has 1 fully saturated rings. The predicted molar refractivity (Wildman–Crippen MR) is 61.9 cm³/mol. The molecule has 3 nitrogen and oxygen atoms in total. The van der Waals surface area contributed by atoms with Gasteiger partial charge in [-0.3, -0.25) is 4.79 Å². The third kappa shape index (κ3) is 3.32. The van der Waals surface area contributed by atoms with E-state index in [9.17, 15) is 4.79 Å². The minimum Gasteiger partial charge on any atom is -0.348 e. The van der Waals surface area contributed by atoms with E-state index in [0.29, 0.717) is 12.6 Å². The van der Waals surface area contributed by atoms with Gasteiger partial charge in [-0.05, 0) is 42.2 Å². The van der Waals surface area contributed by atoms with Crippen LogP contribution in [-0.4, -0.2) is 18.5 Å². The van der Waals surface area contributed by atoms with Gasteiger partial charge in [-0.2, -0.15) is 11.3 Å². The molecular weight excluding hydrogens is 208 g/mol. The van der Waals surface area contributed by atoms with Crippen LogP contribution in [0.3, 0.4) is 0 Å².